The van der Waals surface area contributed by atoms with Gasteiger partial charge in [-0.05, 0) is 37.1 Å². The lowest BCUT2D eigenvalue weighted by molar-refractivity contribution is -0.136. The van der Waals surface area contributed by atoms with E-state index in [1.54, 1.807) is 12.1 Å². The molecule has 0 saturated carbocycles. The highest BCUT2D eigenvalue weighted by atomic mass is 16.4. The SMILES string of the molecule is CCC=CCCNc1ccc(C(=O)CCC(=O)O)cc1. The monoisotopic (exact) mass is 275 g/mol. The van der Waals surface area contributed by atoms with Gasteiger partial charge < -0.3 is 10.4 Å². The van der Waals surface area contributed by atoms with Gasteiger partial charge in [0.2, 0.25) is 0 Å². The summed E-state index contributed by atoms with van der Waals surface area (Å²) in [7, 11) is 0. The zero-order valence-electron chi connectivity index (χ0n) is 11.8. The van der Waals surface area contributed by atoms with Crippen LogP contribution in [-0.4, -0.2) is 23.4 Å². The predicted octanol–water partition coefficient (Wildman–Crippen LogP) is 3.50. The molecule has 0 aliphatic carbocycles. The number of nitrogens with one attached hydrogen (secondary N) is 1. The number of Topliss-reactive ketones (excluding diaryl/α,β-unsaturated/α-hetero) is 1. The van der Waals surface area contributed by atoms with Gasteiger partial charge in [0.15, 0.2) is 5.78 Å². The first kappa shape index (κ1) is 16.0. The van der Waals surface area contributed by atoms with Gasteiger partial charge in [0.25, 0.3) is 0 Å². The summed E-state index contributed by atoms with van der Waals surface area (Å²) in [5.74, 6) is -1.08. The van der Waals surface area contributed by atoms with Crippen molar-refractivity contribution >= 4 is 17.4 Å². The van der Waals surface area contributed by atoms with Crippen LogP contribution >= 0.6 is 0 Å². The van der Waals surface area contributed by atoms with E-state index in [1.807, 2.05) is 12.1 Å². The number of hydrogen-bond donors (Lipinski definition) is 2. The Kier molecular flexibility index (Phi) is 7.11. The Bertz CT molecular complexity index is 463. The van der Waals surface area contributed by atoms with Crippen molar-refractivity contribution in [2.45, 2.75) is 32.6 Å². The molecular formula is C16H21NO3. The number of carbonyl (C=O) groups excluding carboxylic acids is 1. The molecule has 0 heterocycles. The molecule has 0 fully saturated rings. The van der Waals surface area contributed by atoms with Crippen LogP contribution in [0.1, 0.15) is 43.0 Å². The molecule has 1 aromatic carbocycles. The van der Waals surface area contributed by atoms with Gasteiger partial charge in [-0.15, -0.1) is 0 Å². The van der Waals surface area contributed by atoms with Gasteiger partial charge in [-0.1, -0.05) is 19.1 Å². The number of carbonyl (C=O) groups is 2. The van der Waals surface area contributed by atoms with E-state index in [1.165, 1.54) is 0 Å². The molecule has 0 unspecified atom stereocenters. The number of rotatable bonds is 9. The number of carboxylic acids is 1. The number of carboxylic acid groups (broad SMARTS) is 1. The van der Waals surface area contributed by atoms with E-state index in [9.17, 15) is 9.59 Å². The zero-order chi connectivity index (χ0) is 14.8. The molecule has 0 spiro atoms. The fourth-order valence-corrected chi connectivity index (χ4v) is 1.72. The topological polar surface area (TPSA) is 66.4 Å². The van der Waals surface area contributed by atoms with Gasteiger partial charge in [-0.2, -0.15) is 0 Å². The summed E-state index contributed by atoms with van der Waals surface area (Å²) in [5.41, 5.74) is 1.52. The van der Waals surface area contributed by atoms with Crippen molar-refractivity contribution < 1.29 is 14.7 Å². The first-order chi connectivity index (χ1) is 9.63. The fraction of sp³-hybridized carbons (Fsp3) is 0.375. The Balaban J connectivity index is 2.41. The first-order valence-corrected chi connectivity index (χ1v) is 6.87. The van der Waals surface area contributed by atoms with Crippen LogP contribution < -0.4 is 5.32 Å². The van der Waals surface area contributed by atoms with Gasteiger partial charge in [-0.25, -0.2) is 0 Å². The fourth-order valence-electron chi connectivity index (χ4n) is 1.72. The zero-order valence-corrected chi connectivity index (χ0v) is 11.8. The van der Waals surface area contributed by atoms with Crippen LogP contribution in [-0.2, 0) is 4.79 Å². The predicted molar refractivity (Wildman–Crippen MR) is 80.2 cm³/mol. The third-order valence-corrected chi connectivity index (χ3v) is 2.82. The van der Waals surface area contributed by atoms with E-state index in [-0.39, 0.29) is 18.6 Å². The molecule has 0 amide bonds. The maximum atomic E-state index is 11.7. The summed E-state index contributed by atoms with van der Waals surface area (Å²) in [6.07, 6.45) is 6.20. The molecule has 2 N–H and O–H groups in total. The second-order valence-electron chi connectivity index (χ2n) is 4.49. The van der Waals surface area contributed by atoms with E-state index in [0.29, 0.717) is 5.56 Å². The molecule has 0 aliphatic rings. The Hall–Kier alpha value is -2.10. The molecular weight excluding hydrogens is 254 g/mol. The number of anilines is 1. The Morgan fingerprint density at radius 3 is 2.45 bits per heavy atom. The van der Waals surface area contributed by atoms with Crippen molar-refractivity contribution in [3.8, 4) is 0 Å². The van der Waals surface area contributed by atoms with Crippen LogP contribution in [0, 0.1) is 0 Å². The van der Waals surface area contributed by atoms with Gasteiger partial charge in [0.05, 0.1) is 6.42 Å². The second kappa shape index (κ2) is 8.91. The van der Waals surface area contributed by atoms with Crippen LogP contribution in [0.3, 0.4) is 0 Å². The molecule has 0 bridgehead atoms. The van der Waals surface area contributed by atoms with Crippen LogP contribution in [0.2, 0.25) is 0 Å². The summed E-state index contributed by atoms with van der Waals surface area (Å²) >= 11 is 0. The lowest BCUT2D eigenvalue weighted by Crippen LogP contribution is -2.04. The standard InChI is InChI=1S/C16H21NO3/c1-2-3-4-5-12-17-14-8-6-13(7-9-14)15(18)10-11-16(19)20/h3-4,6-9,17H,2,5,10-12H2,1H3,(H,19,20). The van der Waals surface area contributed by atoms with E-state index >= 15 is 0 Å². The van der Waals surface area contributed by atoms with Gasteiger partial charge in [-0.3, -0.25) is 9.59 Å². The molecule has 0 atom stereocenters. The van der Waals surface area contributed by atoms with Crippen LogP contribution in [0.5, 0.6) is 0 Å². The summed E-state index contributed by atoms with van der Waals surface area (Å²) in [6.45, 7) is 2.95. The summed E-state index contributed by atoms with van der Waals surface area (Å²) in [6, 6.07) is 7.15. The van der Waals surface area contributed by atoms with Crippen LogP contribution in [0.15, 0.2) is 36.4 Å². The minimum atomic E-state index is -0.947. The van der Waals surface area contributed by atoms with E-state index in [0.717, 1.165) is 25.1 Å². The van der Waals surface area contributed by atoms with E-state index in [2.05, 4.69) is 24.4 Å². The Labute approximate surface area is 119 Å². The smallest absolute Gasteiger partial charge is 0.303 e. The molecule has 1 aromatic rings. The van der Waals surface area contributed by atoms with Crippen LogP contribution in [0.25, 0.3) is 0 Å². The van der Waals surface area contributed by atoms with Crippen molar-refractivity contribution in [2.75, 3.05) is 11.9 Å². The largest absolute Gasteiger partial charge is 0.481 e. The van der Waals surface area contributed by atoms with E-state index < -0.39 is 5.97 Å². The Morgan fingerprint density at radius 1 is 1.15 bits per heavy atom. The number of ketones is 1. The van der Waals surface area contributed by atoms with E-state index in [4.69, 9.17) is 5.11 Å². The number of hydrogen-bond acceptors (Lipinski definition) is 3. The maximum absolute atomic E-state index is 11.7. The molecule has 20 heavy (non-hydrogen) atoms. The van der Waals surface area contributed by atoms with Crippen molar-refractivity contribution in [3.05, 3.63) is 42.0 Å². The van der Waals surface area contributed by atoms with Crippen molar-refractivity contribution in [1.82, 2.24) is 0 Å². The number of allylic oxidation sites excluding steroid dienone is 1. The summed E-state index contributed by atoms with van der Waals surface area (Å²) in [5, 5.41) is 11.8. The molecule has 0 saturated heterocycles. The van der Waals surface area contributed by atoms with Gasteiger partial charge >= 0.3 is 5.97 Å². The van der Waals surface area contributed by atoms with Crippen molar-refractivity contribution in [1.29, 1.82) is 0 Å². The first-order valence-electron chi connectivity index (χ1n) is 6.87. The normalized spacial score (nSPS) is 10.7. The lowest BCUT2D eigenvalue weighted by atomic mass is 10.1. The highest BCUT2D eigenvalue weighted by Gasteiger charge is 2.08. The quantitative estimate of drug-likeness (QED) is 0.411. The highest BCUT2D eigenvalue weighted by Crippen LogP contribution is 2.12. The highest BCUT2D eigenvalue weighted by molar-refractivity contribution is 5.97. The molecule has 108 valence electrons. The molecule has 0 aromatic heterocycles. The lowest BCUT2D eigenvalue weighted by Gasteiger charge is -2.05. The number of benzene rings is 1. The minimum absolute atomic E-state index is 0.0456. The second-order valence-corrected chi connectivity index (χ2v) is 4.49. The maximum Gasteiger partial charge on any atom is 0.303 e. The third kappa shape index (κ3) is 6.18. The molecule has 4 heteroatoms. The van der Waals surface area contributed by atoms with Crippen LogP contribution in [0.4, 0.5) is 5.69 Å². The average molecular weight is 275 g/mol. The van der Waals surface area contributed by atoms with Gasteiger partial charge in [0.1, 0.15) is 0 Å². The van der Waals surface area contributed by atoms with Gasteiger partial charge in [0, 0.05) is 24.2 Å². The number of aliphatic carboxylic acids is 1. The molecule has 4 nitrogen and oxygen atoms in total. The molecule has 1 rings (SSSR count). The molecule has 0 radical (unpaired) electrons. The average Bonchev–Trinajstić information content (AvgIpc) is 2.45. The third-order valence-electron chi connectivity index (χ3n) is 2.82. The summed E-state index contributed by atoms with van der Waals surface area (Å²) in [4.78, 5) is 22.1. The summed E-state index contributed by atoms with van der Waals surface area (Å²) < 4.78 is 0. The minimum Gasteiger partial charge on any atom is -0.481 e. The molecule has 0 aliphatic heterocycles. The van der Waals surface area contributed by atoms with Crippen molar-refractivity contribution in [3.63, 3.8) is 0 Å². The Morgan fingerprint density at radius 2 is 1.85 bits per heavy atom. The van der Waals surface area contributed by atoms with Crippen molar-refractivity contribution in [2.24, 2.45) is 0 Å².